The second-order valence-corrected chi connectivity index (χ2v) is 3.56. The third-order valence-corrected chi connectivity index (χ3v) is 2.36. The number of hydrogen-bond donors (Lipinski definition) is 2. The summed E-state index contributed by atoms with van der Waals surface area (Å²) in [6, 6.07) is 3.78. The monoisotopic (exact) mass is 226 g/mol. The molecule has 0 aromatic carbocycles. The fraction of sp³-hybridized carbons (Fsp3) is 0.0909. The second-order valence-electron chi connectivity index (χ2n) is 3.56. The van der Waals surface area contributed by atoms with Crippen molar-refractivity contribution in [3.05, 3.63) is 42.5 Å². The van der Waals surface area contributed by atoms with Crippen LogP contribution in [-0.2, 0) is 6.54 Å². The van der Waals surface area contributed by atoms with E-state index in [2.05, 4.69) is 30.5 Å². The van der Waals surface area contributed by atoms with Crippen LogP contribution < -0.4 is 5.32 Å². The Kier molecular flexibility index (Phi) is 2.38. The number of hydrogen-bond acceptors (Lipinski definition) is 5. The number of nitrogens with one attached hydrogen (secondary N) is 2. The minimum atomic E-state index is 0.643. The van der Waals surface area contributed by atoms with E-state index in [1.165, 1.54) is 0 Å². The van der Waals surface area contributed by atoms with Gasteiger partial charge in [0.2, 0.25) is 0 Å². The molecule has 0 aliphatic heterocycles. The number of H-pyrrole nitrogens is 1. The first-order chi connectivity index (χ1) is 8.42. The molecule has 6 nitrogen and oxygen atoms in total. The van der Waals surface area contributed by atoms with Crippen molar-refractivity contribution in [1.29, 1.82) is 0 Å². The number of rotatable bonds is 3. The van der Waals surface area contributed by atoms with Crippen molar-refractivity contribution in [3.63, 3.8) is 0 Å². The summed E-state index contributed by atoms with van der Waals surface area (Å²) in [4.78, 5) is 12.7. The van der Waals surface area contributed by atoms with Gasteiger partial charge in [0, 0.05) is 30.7 Å². The molecule has 6 heteroatoms. The SMILES string of the molecule is c1cnc2nc(NCc3cn[nH]c3)ccc2n1. The minimum Gasteiger partial charge on any atom is -0.366 e. The summed E-state index contributed by atoms with van der Waals surface area (Å²) >= 11 is 0. The Bertz CT molecular complexity index is 619. The first-order valence-electron chi connectivity index (χ1n) is 5.21. The van der Waals surface area contributed by atoms with Crippen molar-refractivity contribution in [1.82, 2.24) is 25.1 Å². The van der Waals surface area contributed by atoms with Crippen LogP contribution in [0.5, 0.6) is 0 Å². The minimum absolute atomic E-state index is 0.643. The molecule has 0 atom stereocenters. The molecule has 17 heavy (non-hydrogen) atoms. The Morgan fingerprint density at radius 3 is 3.00 bits per heavy atom. The molecule has 0 unspecified atom stereocenters. The van der Waals surface area contributed by atoms with Crippen LogP contribution in [0, 0.1) is 0 Å². The molecular formula is C11H10N6. The molecule has 3 heterocycles. The predicted octanol–water partition coefficient (Wildman–Crippen LogP) is 1.36. The fourth-order valence-electron chi connectivity index (χ4n) is 1.52. The van der Waals surface area contributed by atoms with Gasteiger partial charge in [-0.15, -0.1) is 0 Å². The molecular weight excluding hydrogens is 216 g/mol. The van der Waals surface area contributed by atoms with E-state index in [9.17, 15) is 0 Å². The quantitative estimate of drug-likeness (QED) is 0.705. The van der Waals surface area contributed by atoms with Crippen LogP contribution in [0.2, 0.25) is 0 Å². The van der Waals surface area contributed by atoms with Crippen molar-refractivity contribution >= 4 is 17.0 Å². The van der Waals surface area contributed by atoms with E-state index >= 15 is 0 Å². The predicted molar refractivity (Wildman–Crippen MR) is 63.2 cm³/mol. The van der Waals surface area contributed by atoms with Crippen LogP contribution in [0.25, 0.3) is 11.2 Å². The summed E-state index contributed by atoms with van der Waals surface area (Å²) in [5.74, 6) is 0.777. The average Bonchev–Trinajstić information content (AvgIpc) is 2.89. The van der Waals surface area contributed by atoms with Crippen LogP contribution in [-0.4, -0.2) is 25.1 Å². The zero-order valence-corrected chi connectivity index (χ0v) is 8.96. The number of aromatic nitrogens is 5. The summed E-state index contributed by atoms with van der Waals surface area (Å²) in [7, 11) is 0. The highest BCUT2D eigenvalue weighted by Gasteiger charge is 2.00. The van der Waals surface area contributed by atoms with Gasteiger partial charge in [0.05, 0.1) is 6.20 Å². The molecule has 3 rings (SSSR count). The van der Waals surface area contributed by atoms with Gasteiger partial charge in [0.25, 0.3) is 0 Å². The lowest BCUT2D eigenvalue weighted by Crippen LogP contribution is -2.01. The normalized spacial score (nSPS) is 10.6. The zero-order chi connectivity index (χ0) is 11.5. The molecule has 0 spiro atoms. The molecule has 0 amide bonds. The molecule has 0 aliphatic carbocycles. The smallest absolute Gasteiger partial charge is 0.180 e. The van der Waals surface area contributed by atoms with E-state index in [1.807, 2.05) is 18.3 Å². The van der Waals surface area contributed by atoms with E-state index in [1.54, 1.807) is 18.6 Å². The molecule has 0 saturated carbocycles. The number of anilines is 1. The third-order valence-electron chi connectivity index (χ3n) is 2.36. The fourth-order valence-corrected chi connectivity index (χ4v) is 1.52. The Morgan fingerprint density at radius 2 is 2.12 bits per heavy atom. The maximum Gasteiger partial charge on any atom is 0.180 e. The van der Waals surface area contributed by atoms with Gasteiger partial charge in [-0.1, -0.05) is 0 Å². The van der Waals surface area contributed by atoms with E-state index in [-0.39, 0.29) is 0 Å². The van der Waals surface area contributed by atoms with Gasteiger partial charge in [-0.25, -0.2) is 9.97 Å². The summed E-state index contributed by atoms with van der Waals surface area (Å²) in [6.45, 7) is 0.676. The van der Waals surface area contributed by atoms with Crippen LogP contribution in [0.1, 0.15) is 5.56 Å². The Hall–Kier alpha value is -2.50. The van der Waals surface area contributed by atoms with Gasteiger partial charge < -0.3 is 5.32 Å². The van der Waals surface area contributed by atoms with E-state index in [0.29, 0.717) is 12.2 Å². The maximum atomic E-state index is 4.36. The molecule has 2 N–H and O–H groups in total. The molecule has 0 aliphatic rings. The van der Waals surface area contributed by atoms with Gasteiger partial charge in [-0.05, 0) is 12.1 Å². The molecule has 3 aromatic heterocycles. The second kappa shape index (κ2) is 4.17. The lowest BCUT2D eigenvalue weighted by Gasteiger charge is -2.03. The lowest BCUT2D eigenvalue weighted by molar-refractivity contribution is 1.09. The van der Waals surface area contributed by atoms with E-state index < -0.39 is 0 Å². The largest absolute Gasteiger partial charge is 0.366 e. The standard InChI is InChI=1S/C11H10N6/c1-2-10(14-5-8-6-15-16-7-8)17-11-9(1)12-3-4-13-11/h1-4,6-7H,5H2,(H,15,16)(H,13,14,17). The van der Waals surface area contributed by atoms with Gasteiger partial charge >= 0.3 is 0 Å². The van der Waals surface area contributed by atoms with Crippen LogP contribution in [0.15, 0.2) is 36.9 Å². The Morgan fingerprint density at radius 1 is 1.18 bits per heavy atom. The average molecular weight is 226 g/mol. The van der Waals surface area contributed by atoms with Gasteiger partial charge in [0.1, 0.15) is 11.3 Å². The summed E-state index contributed by atoms with van der Waals surface area (Å²) in [5, 5.41) is 9.84. The van der Waals surface area contributed by atoms with E-state index in [4.69, 9.17) is 0 Å². The van der Waals surface area contributed by atoms with Crippen LogP contribution >= 0.6 is 0 Å². The summed E-state index contributed by atoms with van der Waals surface area (Å²) < 4.78 is 0. The highest BCUT2D eigenvalue weighted by molar-refractivity contribution is 5.71. The third kappa shape index (κ3) is 2.05. The Labute approximate surface area is 97.1 Å². The molecule has 0 radical (unpaired) electrons. The highest BCUT2D eigenvalue weighted by Crippen LogP contribution is 2.10. The Balaban J connectivity index is 1.81. The van der Waals surface area contributed by atoms with Crippen molar-refractivity contribution < 1.29 is 0 Å². The van der Waals surface area contributed by atoms with Gasteiger partial charge in [-0.3, -0.25) is 10.1 Å². The number of nitrogens with zero attached hydrogens (tertiary/aromatic N) is 4. The maximum absolute atomic E-state index is 4.36. The van der Waals surface area contributed by atoms with Gasteiger partial charge in [0.15, 0.2) is 5.65 Å². The van der Waals surface area contributed by atoms with E-state index in [0.717, 1.165) is 16.9 Å². The first kappa shape index (κ1) is 9.71. The lowest BCUT2D eigenvalue weighted by atomic mass is 10.3. The van der Waals surface area contributed by atoms with Crippen molar-refractivity contribution in [3.8, 4) is 0 Å². The molecule has 84 valence electrons. The van der Waals surface area contributed by atoms with Crippen LogP contribution in [0.3, 0.4) is 0 Å². The number of aromatic amines is 1. The van der Waals surface area contributed by atoms with Gasteiger partial charge in [-0.2, -0.15) is 5.10 Å². The summed E-state index contributed by atoms with van der Waals surface area (Å²) in [6.07, 6.45) is 6.90. The highest BCUT2D eigenvalue weighted by atomic mass is 15.1. The topological polar surface area (TPSA) is 79.4 Å². The molecule has 3 aromatic rings. The number of pyridine rings is 1. The summed E-state index contributed by atoms with van der Waals surface area (Å²) in [5.41, 5.74) is 2.51. The van der Waals surface area contributed by atoms with Crippen molar-refractivity contribution in [2.45, 2.75) is 6.54 Å². The molecule has 0 saturated heterocycles. The van der Waals surface area contributed by atoms with Crippen molar-refractivity contribution in [2.24, 2.45) is 0 Å². The number of fused-ring (bicyclic) bond motifs is 1. The van der Waals surface area contributed by atoms with Crippen LogP contribution in [0.4, 0.5) is 5.82 Å². The molecule has 0 fully saturated rings. The van der Waals surface area contributed by atoms with Crippen molar-refractivity contribution in [2.75, 3.05) is 5.32 Å². The zero-order valence-electron chi connectivity index (χ0n) is 8.96. The first-order valence-corrected chi connectivity index (χ1v) is 5.21. The molecule has 0 bridgehead atoms.